The molecule has 0 saturated carbocycles. The molecule has 86 valence electrons. The largest absolute Gasteiger partial charge is 0.381 e. The summed E-state index contributed by atoms with van der Waals surface area (Å²) in [5.41, 5.74) is 0. The Kier molecular flexibility index (Phi) is 4.75. The molecule has 0 bridgehead atoms. The third kappa shape index (κ3) is 3.63. The van der Waals surface area contributed by atoms with Crippen molar-refractivity contribution in [3.8, 4) is 0 Å². The molecule has 15 heavy (non-hydrogen) atoms. The minimum absolute atomic E-state index is 0.0519. The third-order valence-corrected chi connectivity index (χ3v) is 2.72. The molecule has 2 unspecified atom stereocenters. The van der Waals surface area contributed by atoms with E-state index in [1.165, 1.54) is 0 Å². The van der Waals surface area contributed by atoms with Crippen molar-refractivity contribution in [3.05, 3.63) is 0 Å². The quantitative estimate of drug-likeness (QED) is 0.754. The van der Waals surface area contributed by atoms with Crippen LogP contribution in [0, 0.1) is 5.92 Å². The van der Waals surface area contributed by atoms with E-state index in [-0.39, 0.29) is 23.7 Å². The number of hydrogen-bond acceptors (Lipinski definition) is 3. The molecule has 0 aliphatic carbocycles. The predicted molar refractivity (Wildman–Crippen MR) is 56.4 cm³/mol. The van der Waals surface area contributed by atoms with E-state index < -0.39 is 0 Å². The number of carbonyl (C=O) groups excluding carboxylic acids is 2. The first-order chi connectivity index (χ1) is 7.15. The van der Waals surface area contributed by atoms with E-state index in [1.54, 1.807) is 13.8 Å². The van der Waals surface area contributed by atoms with E-state index in [9.17, 15) is 9.59 Å². The molecule has 1 aliphatic heterocycles. The number of nitrogens with one attached hydrogen (secondary N) is 1. The Morgan fingerprint density at radius 2 is 2.27 bits per heavy atom. The van der Waals surface area contributed by atoms with Crippen LogP contribution < -0.4 is 5.32 Å². The maximum atomic E-state index is 11.7. The second-order valence-corrected chi connectivity index (χ2v) is 3.96. The molecule has 1 amide bonds. The molecule has 1 saturated heterocycles. The molecule has 1 fully saturated rings. The van der Waals surface area contributed by atoms with Gasteiger partial charge in [-0.05, 0) is 19.8 Å². The highest BCUT2D eigenvalue weighted by molar-refractivity contribution is 5.89. The highest BCUT2D eigenvalue weighted by Gasteiger charge is 2.24. The molecule has 0 radical (unpaired) electrons. The highest BCUT2D eigenvalue weighted by Crippen LogP contribution is 2.13. The van der Waals surface area contributed by atoms with Crippen LogP contribution in [0.1, 0.15) is 33.1 Å². The van der Waals surface area contributed by atoms with Gasteiger partial charge < -0.3 is 10.1 Å². The van der Waals surface area contributed by atoms with Gasteiger partial charge in [-0.25, -0.2) is 0 Å². The van der Waals surface area contributed by atoms with Gasteiger partial charge in [0.1, 0.15) is 0 Å². The van der Waals surface area contributed by atoms with Crippen molar-refractivity contribution in [2.75, 3.05) is 13.2 Å². The van der Waals surface area contributed by atoms with Gasteiger partial charge in [0.2, 0.25) is 5.91 Å². The summed E-state index contributed by atoms with van der Waals surface area (Å²) in [4.78, 5) is 23.0. The average Bonchev–Trinajstić information content (AvgIpc) is 2.29. The van der Waals surface area contributed by atoms with Gasteiger partial charge in [-0.1, -0.05) is 6.92 Å². The lowest BCUT2D eigenvalue weighted by Gasteiger charge is -2.22. The molecule has 0 aromatic carbocycles. The van der Waals surface area contributed by atoms with Crippen LogP contribution in [-0.2, 0) is 14.3 Å². The molecule has 0 aromatic rings. The smallest absolute Gasteiger partial charge is 0.226 e. The zero-order chi connectivity index (χ0) is 11.3. The van der Waals surface area contributed by atoms with Crippen molar-refractivity contribution >= 4 is 11.7 Å². The Morgan fingerprint density at radius 3 is 2.80 bits per heavy atom. The normalized spacial score (nSPS) is 23.2. The van der Waals surface area contributed by atoms with Gasteiger partial charge in [0.15, 0.2) is 5.78 Å². The lowest BCUT2D eigenvalue weighted by Crippen LogP contribution is -2.43. The Morgan fingerprint density at radius 1 is 1.53 bits per heavy atom. The van der Waals surface area contributed by atoms with Crippen molar-refractivity contribution in [3.63, 3.8) is 0 Å². The van der Waals surface area contributed by atoms with Crippen LogP contribution in [0.4, 0.5) is 0 Å². The molecule has 1 rings (SSSR count). The fourth-order valence-electron chi connectivity index (χ4n) is 1.67. The predicted octanol–water partition coefficient (Wildman–Crippen LogP) is 0.897. The summed E-state index contributed by atoms with van der Waals surface area (Å²) in [6, 6.07) is -0.371. The Bertz CT molecular complexity index is 234. The zero-order valence-corrected chi connectivity index (χ0v) is 9.41. The number of rotatable bonds is 4. The molecule has 2 atom stereocenters. The first kappa shape index (κ1) is 12.2. The molecular weight excluding hydrogens is 194 g/mol. The number of ketones is 1. The van der Waals surface area contributed by atoms with E-state index in [1.807, 2.05) is 0 Å². The Labute approximate surface area is 90.4 Å². The van der Waals surface area contributed by atoms with E-state index in [4.69, 9.17) is 4.74 Å². The van der Waals surface area contributed by atoms with Gasteiger partial charge in [0, 0.05) is 13.0 Å². The lowest BCUT2D eigenvalue weighted by molar-refractivity contribution is -0.132. The van der Waals surface area contributed by atoms with Gasteiger partial charge >= 0.3 is 0 Å². The first-order valence-electron chi connectivity index (χ1n) is 5.56. The van der Waals surface area contributed by atoms with E-state index >= 15 is 0 Å². The standard InChI is InChI=1S/C11H19NO3/c1-3-10(13)8(2)12-11(14)9-5-4-6-15-7-9/h8-9H,3-7H2,1-2H3,(H,12,14). The van der Waals surface area contributed by atoms with Crippen molar-refractivity contribution in [2.24, 2.45) is 5.92 Å². The van der Waals surface area contributed by atoms with E-state index in [2.05, 4.69) is 5.32 Å². The molecule has 0 aromatic heterocycles. The van der Waals surface area contributed by atoms with Gasteiger partial charge in [0.05, 0.1) is 18.6 Å². The van der Waals surface area contributed by atoms with Crippen molar-refractivity contribution in [1.29, 1.82) is 0 Å². The fraction of sp³-hybridized carbons (Fsp3) is 0.818. The molecule has 1 N–H and O–H groups in total. The number of hydrogen-bond donors (Lipinski definition) is 1. The summed E-state index contributed by atoms with van der Waals surface area (Å²) in [7, 11) is 0. The molecule has 4 heteroatoms. The molecule has 0 spiro atoms. The third-order valence-electron chi connectivity index (χ3n) is 2.72. The summed E-state index contributed by atoms with van der Waals surface area (Å²) < 4.78 is 5.23. The number of carbonyl (C=O) groups is 2. The fourth-order valence-corrected chi connectivity index (χ4v) is 1.67. The first-order valence-corrected chi connectivity index (χ1v) is 5.56. The Hall–Kier alpha value is -0.900. The molecular formula is C11H19NO3. The zero-order valence-electron chi connectivity index (χ0n) is 9.41. The molecule has 1 aliphatic rings. The summed E-state index contributed by atoms with van der Waals surface area (Å²) in [5.74, 6) is -0.0602. The summed E-state index contributed by atoms with van der Waals surface area (Å²) in [6.45, 7) is 4.76. The van der Waals surface area contributed by atoms with Gasteiger partial charge in [0.25, 0.3) is 0 Å². The topological polar surface area (TPSA) is 55.4 Å². The maximum absolute atomic E-state index is 11.7. The summed E-state index contributed by atoms with van der Waals surface area (Å²) in [5, 5.41) is 2.73. The van der Waals surface area contributed by atoms with Crippen LogP contribution in [0.3, 0.4) is 0 Å². The van der Waals surface area contributed by atoms with E-state index in [0.29, 0.717) is 13.0 Å². The molecule has 4 nitrogen and oxygen atoms in total. The van der Waals surface area contributed by atoms with Crippen LogP contribution in [0.25, 0.3) is 0 Å². The average molecular weight is 213 g/mol. The van der Waals surface area contributed by atoms with Gasteiger partial charge in [-0.3, -0.25) is 9.59 Å². The van der Waals surface area contributed by atoms with E-state index in [0.717, 1.165) is 19.4 Å². The summed E-state index contributed by atoms with van der Waals surface area (Å²) >= 11 is 0. The van der Waals surface area contributed by atoms with Crippen LogP contribution in [0.5, 0.6) is 0 Å². The number of amides is 1. The van der Waals surface area contributed by atoms with Gasteiger partial charge in [-0.2, -0.15) is 0 Å². The highest BCUT2D eigenvalue weighted by atomic mass is 16.5. The van der Waals surface area contributed by atoms with Gasteiger partial charge in [-0.15, -0.1) is 0 Å². The SMILES string of the molecule is CCC(=O)C(C)NC(=O)C1CCCOC1. The van der Waals surface area contributed by atoms with Crippen LogP contribution in [0.2, 0.25) is 0 Å². The summed E-state index contributed by atoms with van der Waals surface area (Å²) in [6.07, 6.45) is 2.25. The minimum Gasteiger partial charge on any atom is -0.381 e. The minimum atomic E-state index is -0.371. The number of ether oxygens (including phenoxy) is 1. The lowest BCUT2D eigenvalue weighted by atomic mass is 10.0. The second kappa shape index (κ2) is 5.85. The second-order valence-electron chi connectivity index (χ2n) is 3.96. The van der Waals surface area contributed by atoms with Crippen molar-refractivity contribution < 1.29 is 14.3 Å². The van der Waals surface area contributed by atoms with Crippen molar-refractivity contribution in [2.45, 2.75) is 39.2 Å². The van der Waals surface area contributed by atoms with Crippen LogP contribution >= 0.6 is 0 Å². The Balaban J connectivity index is 2.36. The van der Waals surface area contributed by atoms with Crippen LogP contribution in [0.15, 0.2) is 0 Å². The van der Waals surface area contributed by atoms with Crippen molar-refractivity contribution in [1.82, 2.24) is 5.32 Å². The monoisotopic (exact) mass is 213 g/mol. The molecule has 1 heterocycles. The number of Topliss-reactive ketones (excluding diaryl/α,β-unsaturated/α-hetero) is 1. The maximum Gasteiger partial charge on any atom is 0.226 e. The van der Waals surface area contributed by atoms with Crippen LogP contribution in [-0.4, -0.2) is 30.9 Å².